The van der Waals surface area contributed by atoms with Gasteiger partial charge in [-0.3, -0.25) is 9.78 Å². The molecule has 0 aliphatic carbocycles. The fourth-order valence-electron chi connectivity index (χ4n) is 2.17. The highest BCUT2D eigenvalue weighted by Gasteiger charge is 2.12. The van der Waals surface area contributed by atoms with E-state index in [-0.39, 0.29) is 12.2 Å². The van der Waals surface area contributed by atoms with E-state index in [1.165, 1.54) is 6.33 Å². The summed E-state index contributed by atoms with van der Waals surface area (Å²) in [5.41, 5.74) is 2.82. The summed E-state index contributed by atoms with van der Waals surface area (Å²) in [6, 6.07) is 7.16. The Morgan fingerprint density at radius 1 is 1.04 bits per heavy atom. The predicted octanol–water partition coefficient (Wildman–Crippen LogP) is 3.10. The molecular weight excluding hydrogens is 304 g/mol. The van der Waals surface area contributed by atoms with Gasteiger partial charge in [0.1, 0.15) is 17.8 Å². The smallest absolute Gasteiger partial charge is 0.187 e. The third kappa shape index (κ3) is 3.98. The number of aryl methyl sites for hydroxylation is 2. The van der Waals surface area contributed by atoms with Crippen molar-refractivity contribution >= 4 is 5.78 Å². The monoisotopic (exact) mass is 320 g/mol. The molecular formula is C18H16N4O2. The number of ether oxygens (including phenoxy) is 1. The molecule has 3 aromatic heterocycles. The summed E-state index contributed by atoms with van der Waals surface area (Å²) < 4.78 is 5.68. The van der Waals surface area contributed by atoms with Crippen LogP contribution in [-0.4, -0.2) is 25.7 Å². The number of hydrogen-bond donors (Lipinski definition) is 0. The largest absolute Gasteiger partial charge is 0.454 e. The van der Waals surface area contributed by atoms with Gasteiger partial charge in [-0.15, -0.1) is 0 Å². The van der Waals surface area contributed by atoms with Crippen LogP contribution in [0.1, 0.15) is 27.4 Å². The van der Waals surface area contributed by atoms with Gasteiger partial charge in [0, 0.05) is 29.7 Å². The maximum absolute atomic E-state index is 12.5. The molecule has 0 aromatic carbocycles. The zero-order valence-electron chi connectivity index (χ0n) is 13.4. The van der Waals surface area contributed by atoms with Gasteiger partial charge in [0.05, 0.1) is 18.8 Å². The van der Waals surface area contributed by atoms with E-state index in [0.29, 0.717) is 28.6 Å². The quantitative estimate of drug-likeness (QED) is 0.672. The Bertz CT molecular complexity index is 849. The summed E-state index contributed by atoms with van der Waals surface area (Å²) in [5, 5.41) is 0. The second-order valence-corrected chi connectivity index (χ2v) is 5.43. The summed E-state index contributed by atoms with van der Waals surface area (Å²) in [6.45, 7) is 3.77. The van der Waals surface area contributed by atoms with Crippen molar-refractivity contribution in [3.63, 3.8) is 0 Å². The van der Waals surface area contributed by atoms with E-state index >= 15 is 0 Å². The average molecular weight is 320 g/mol. The maximum Gasteiger partial charge on any atom is 0.187 e. The highest BCUT2D eigenvalue weighted by atomic mass is 16.5. The summed E-state index contributed by atoms with van der Waals surface area (Å²) >= 11 is 0. The molecule has 0 radical (unpaired) electrons. The summed E-state index contributed by atoms with van der Waals surface area (Å²) in [7, 11) is 0. The van der Waals surface area contributed by atoms with E-state index in [2.05, 4.69) is 19.9 Å². The first kappa shape index (κ1) is 15.7. The molecule has 0 amide bonds. The van der Waals surface area contributed by atoms with E-state index in [4.69, 9.17) is 4.74 Å². The first-order valence-corrected chi connectivity index (χ1v) is 7.46. The number of carbonyl (C=O) groups excluding carboxylic acids is 1. The number of pyridine rings is 2. The van der Waals surface area contributed by atoms with Crippen molar-refractivity contribution in [2.45, 2.75) is 20.3 Å². The molecule has 0 aliphatic rings. The van der Waals surface area contributed by atoms with Crippen LogP contribution in [-0.2, 0) is 6.42 Å². The first-order valence-electron chi connectivity index (χ1n) is 7.46. The van der Waals surface area contributed by atoms with Crippen molar-refractivity contribution in [2.24, 2.45) is 0 Å². The van der Waals surface area contributed by atoms with Crippen LogP contribution in [0.5, 0.6) is 11.5 Å². The van der Waals surface area contributed by atoms with Crippen LogP contribution in [0.4, 0.5) is 0 Å². The second-order valence-electron chi connectivity index (χ2n) is 5.43. The number of aromatic nitrogens is 4. The van der Waals surface area contributed by atoms with Crippen molar-refractivity contribution in [1.29, 1.82) is 0 Å². The standard InChI is InChI=1S/C18H16N4O2/c1-12-3-4-14(21-8-12)6-18(23)17-7-15(5-13(2)22-17)24-16-9-19-11-20-10-16/h3-5,7-11H,6H2,1-2H3. The topological polar surface area (TPSA) is 77.9 Å². The Kier molecular flexibility index (Phi) is 4.56. The van der Waals surface area contributed by atoms with Crippen LogP contribution < -0.4 is 4.74 Å². The zero-order valence-corrected chi connectivity index (χ0v) is 13.4. The lowest BCUT2D eigenvalue weighted by Gasteiger charge is -2.08. The molecule has 24 heavy (non-hydrogen) atoms. The first-order chi connectivity index (χ1) is 11.6. The minimum absolute atomic E-state index is 0.107. The van der Waals surface area contributed by atoms with Crippen LogP contribution >= 0.6 is 0 Å². The number of nitrogens with zero attached hydrogens (tertiary/aromatic N) is 4. The highest BCUT2D eigenvalue weighted by molar-refractivity contribution is 5.95. The fraction of sp³-hybridized carbons (Fsp3) is 0.167. The third-order valence-corrected chi connectivity index (χ3v) is 3.30. The zero-order chi connectivity index (χ0) is 16.9. The second kappa shape index (κ2) is 6.95. The van der Waals surface area contributed by atoms with Crippen LogP contribution in [0, 0.1) is 13.8 Å². The van der Waals surface area contributed by atoms with Crippen molar-refractivity contribution in [1.82, 2.24) is 19.9 Å². The lowest BCUT2D eigenvalue weighted by atomic mass is 10.1. The molecule has 3 aromatic rings. The van der Waals surface area contributed by atoms with Crippen LogP contribution in [0.15, 0.2) is 49.2 Å². The third-order valence-electron chi connectivity index (χ3n) is 3.30. The lowest BCUT2D eigenvalue weighted by Crippen LogP contribution is -2.08. The molecule has 0 fully saturated rings. The minimum Gasteiger partial charge on any atom is -0.454 e. The molecule has 0 spiro atoms. The number of carbonyl (C=O) groups is 1. The van der Waals surface area contributed by atoms with Gasteiger partial charge in [0.15, 0.2) is 11.5 Å². The van der Waals surface area contributed by atoms with Crippen molar-refractivity contribution in [3.8, 4) is 11.5 Å². The maximum atomic E-state index is 12.5. The number of ketones is 1. The number of hydrogen-bond acceptors (Lipinski definition) is 6. The molecule has 3 rings (SSSR count). The molecule has 0 saturated heterocycles. The van der Waals surface area contributed by atoms with Gasteiger partial charge in [-0.2, -0.15) is 0 Å². The fourth-order valence-corrected chi connectivity index (χ4v) is 2.17. The van der Waals surface area contributed by atoms with Gasteiger partial charge >= 0.3 is 0 Å². The average Bonchev–Trinajstić information content (AvgIpc) is 2.57. The Morgan fingerprint density at radius 2 is 1.83 bits per heavy atom. The lowest BCUT2D eigenvalue weighted by molar-refractivity contribution is 0.0986. The van der Waals surface area contributed by atoms with Gasteiger partial charge in [-0.25, -0.2) is 15.0 Å². The van der Waals surface area contributed by atoms with Crippen molar-refractivity contribution in [2.75, 3.05) is 0 Å². The van der Waals surface area contributed by atoms with E-state index in [1.54, 1.807) is 30.7 Å². The van der Waals surface area contributed by atoms with Gasteiger partial charge in [0.2, 0.25) is 0 Å². The summed E-state index contributed by atoms with van der Waals surface area (Å²) in [6.07, 6.45) is 6.48. The Labute approximate surface area is 139 Å². The molecule has 6 nitrogen and oxygen atoms in total. The van der Waals surface area contributed by atoms with E-state index in [1.807, 2.05) is 26.0 Å². The summed E-state index contributed by atoms with van der Waals surface area (Å²) in [4.78, 5) is 28.8. The molecule has 0 unspecified atom stereocenters. The van der Waals surface area contributed by atoms with Crippen LogP contribution in [0.2, 0.25) is 0 Å². The van der Waals surface area contributed by atoms with Gasteiger partial charge in [-0.05, 0) is 25.5 Å². The van der Waals surface area contributed by atoms with Gasteiger partial charge in [0.25, 0.3) is 0 Å². The number of Topliss-reactive ketones (excluding diaryl/α,β-unsaturated/α-hetero) is 1. The molecule has 0 saturated carbocycles. The molecule has 0 N–H and O–H groups in total. The Balaban J connectivity index is 1.80. The normalized spacial score (nSPS) is 10.4. The predicted molar refractivity (Wildman–Crippen MR) is 88.1 cm³/mol. The van der Waals surface area contributed by atoms with E-state index in [0.717, 1.165) is 5.56 Å². The minimum atomic E-state index is -0.107. The van der Waals surface area contributed by atoms with Crippen LogP contribution in [0.25, 0.3) is 0 Å². The summed E-state index contributed by atoms with van der Waals surface area (Å²) in [5.74, 6) is 0.920. The molecule has 0 bridgehead atoms. The van der Waals surface area contributed by atoms with E-state index < -0.39 is 0 Å². The van der Waals surface area contributed by atoms with Crippen LogP contribution in [0.3, 0.4) is 0 Å². The SMILES string of the molecule is Cc1ccc(CC(=O)c2cc(Oc3cncnc3)cc(C)n2)nc1. The molecule has 0 atom stereocenters. The van der Waals surface area contributed by atoms with Crippen molar-refractivity contribution in [3.05, 3.63) is 71.8 Å². The van der Waals surface area contributed by atoms with Crippen molar-refractivity contribution < 1.29 is 9.53 Å². The van der Waals surface area contributed by atoms with E-state index in [9.17, 15) is 4.79 Å². The Morgan fingerprint density at radius 3 is 2.54 bits per heavy atom. The van der Waals surface area contributed by atoms with Gasteiger partial charge < -0.3 is 4.74 Å². The molecule has 120 valence electrons. The molecule has 0 aliphatic heterocycles. The molecule has 3 heterocycles. The number of rotatable bonds is 5. The Hall–Kier alpha value is -3.15. The van der Waals surface area contributed by atoms with Gasteiger partial charge in [-0.1, -0.05) is 6.07 Å². The highest BCUT2D eigenvalue weighted by Crippen LogP contribution is 2.21. The molecule has 6 heteroatoms.